The second-order valence-electron chi connectivity index (χ2n) is 4.19. The second-order valence-corrected chi connectivity index (χ2v) is 4.19. The Bertz CT molecular complexity index is 546. The fourth-order valence-electron chi connectivity index (χ4n) is 1.76. The minimum Gasteiger partial charge on any atom is -0.383 e. The zero-order valence-electron chi connectivity index (χ0n) is 11.8. The molecule has 1 aromatic carbocycles. The van der Waals surface area contributed by atoms with E-state index in [1.807, 2.05) is 36.5 Å². The Morgan fingerprint density at radius 1 is 1.33 bits per heavy atom. The highest BCUT2D eigenvalue weighted by Gasteiger charge is 2.07. The first-order chi connectivity index (χ1) is 9.81. The Morgan fingerprint density at radius 2 is 2.14 bits per heavy atom. The van der Waals surface area contributed by atoms with E-state index in [2.05, 4.69) is 15.7 Å². The van der Waals surface area contributed by atoms with Crippen molar-refractivity contribution in [2.24, 2.45) is 0 Å². The van der Waals surface area contributed by atoms with Crippen molar-refractivity contribution < 1.29 is 9.53 Å². The summed E-state index contributed by atoms with van der Waals surface area (Å²) in [5.41, 5.74) is 1.57. The number of methoxy groups -OCH3 is 1. The number of rotatable bonds is 7. The van der Waals surface area contributed by atoms with Crippen molar-refractivity contribution in [1.29, 1.82) is 0 Å². The zero-order valence-corrected chi connectivity index (χ0v) is 12.6. The molecule has 6 nitrogen and oxygen atoms in total. The van der Waals surface area contributed by atoms with Gasteiger partial charge in [0, 0.05) is 26.0 Å². The summed E-state index contributed by atoms with van der Waals surface area (Å²) in [5, 5.41) is 10.0. The van der Waals surface area contributed by atoms with Crippen LogP contribution in [0, 0.1) is 0 Å². The summed E-state index contributed by atoms with van der Waals surface area (Å²) >= 11 is 0. The van der Waals surface area contributed by atoms with Crippen molar-refractivity contribution in [2.75, 3.05) is 32.1 Å². The average molecular weight is 311 g/mol. The number of nitrogens with one attached hydrogen (secondary N) is 2. The molecule has 1 amide bonds. The van der Waals surface area contributed by atoms with Crippen molar-refractivity contribution in [1.82, 2.24) is 15.1 Å². The van der Waals surface area contributed by atoms with Gasteiger partial charge >= 0.3 is 0 Å². The van der Waals surface area contributed by atoms with Crippen molar-refractivity contribution in [2.45, 2.75) is 0 Å². The molecular weight excluding hydrogens is 292 g/mol. The van der Waals surface area contributed by atoms with Gasteiger partial charge in [0.1, 0.15) is 0 Å². The third-order valence-electron chi connectivity index (χ3n) is 2.70. The molecule has 0 saturated carbocycles. The van der Waals surface area contributed by atoms with Gasteiger partial charge in [-0.2, -0.15) is 5.10 Å². The van der Waals surface area contributed by atoms with Gasteiger partial charge in [-0.15, -0.1) is 12.4 Å². The highest BCUT2D eigenvalue weighted by atomic mass is 35.5. The molecule has 0 aliphatic rings. The molecule has 2 aromatic rings. The van der Waals surface area contributed by atoms with E-state index in [9.17, 15) is 4.79 Å². The number of hydrogen-bond acceptors (Lipinski definition) is 4. The number of carbonyl (C=O) groups is 1. The van der Waals surface area contributed by atoms with Gasteiger partial charge in [-0.05, 0) is 18.2 Å². The topological polar surface area (TPSA) is 68.2 Å². The Morgan fingerprint density at radius 3 is 2.86 bits per heavy atom. The molecule has 2 N–H and O–H groups in total. The minimum atomic E-state index is -0.0966. The Kier molecular flexibility index (Phi) is 7.45. The number of anilines is 1. The first-order valence-electron chi connectivity index (χ1n) is 6.40. The van der Waals surface area contributed by atoms with E-state index in [0.717, 1.165) is 11.4 Å². The monoisotopic (exact) mass is 310 g/mol. The van der Waals surface area contributed by atoms with Gasteiger partial charge < -0.3 is 15.4 Å². The van der Waals surface area contributed by atoms with Gasteiger partial charge in [0.2, 0.25) is 5.91 Å². The third-order valence-corrected chi connectivity index (χ3v) is 2.70. The number of ether oxygens (including phenoxy) is 1. The van der Waals surface area contributed by atoms with E-state index in [0.29, 0.717) is 13.2 Å². The molecule has 7 heteroatoms. The van der Waals surface area contributed by atoms with Crippen molar-refractivity contribution in [3.05, 3.63) is 42.7 Å². The van der Waals surface area contributed by atoms with E-state index >= 15 is 0 Å². The highest BCUT2D eigenvalue weighted by Crippen LogP contribution is 2.18. The normalized spacial score (nSPS) is 9.95. The molecule has 0 spiro atoms. The summed E-state index contributed by atoms with van der Waals surface area (Å²) in [5.74, 6) is -0.0966. The van der Waals surface area contributed by atoms with Gasteiger partial charge in [0.15, 0.2) is 0 Å². The minimum absolute atomic E-state index is 0. The van der Waals surface area contributed by atoms with Crippen LogP contribution in [0.25, 0.3) is 5.69 Å². The third kappa shape index (κ3) is 5.18. The maximum Gasteiger partial charge on any atom is 0.238 e. The molecule has 0 bridgehead atoms. The van der Waals surface area contributed by atoms with E-state index in [4.69, 9.17) is 4.74 Å². The Labute approximate surface area is 129 Å². The largest absolute Gasteiger partial charge is 0.383 e. The molecule has 0 atom stereocenters. The molecule has 1 heterocycles. The van der Waals surface area contributed by atoms with Crippen LogP contribution in [0.3, 0.4) is 0 Å². The molecule has 2 rings (SSSR count). The fourth-order valence-corrected chi connectivity index (χ4v) is 1.76. The van der Waals surface area contributed by atoms with Crippen LogP contribution in [-0.4, -0.2) is 42.5 Å². The summed E-state index contributed by atoms with van der Waals surface area (Å²) in [6.45, 7) is 1.47. The smallest absolute Gasteiger partial charge is 0.238 e. The summed E-state index contributed by atoms with van der Waals surface area (Å²) < 4.78 is 6.62. The average Bonchev–Trinajstić information content (AvgIpc) is 2.98. The number of halogens is 1. The maximum absolute atomic E-state index is 11.9. The van der Waals surface area contributed by atoms with Crippen molar-refractivity contribution in [3.8, 4) is 5.69 Å². The molecule has 0 radical (unpaired) electrons. The predicted molar refractivity (Wildman–Crippen MR) is 84.2 cm³/mol. The molecule has 21 heavy (non-hydrogen) atoms. The van der Waals surface area contributed by atoms with E-state index < -0.39 is 0 Å². The van der Waals surface area contributed by atoms with Crippen LogP contribution in [0.4, 0.5) is 5.69 Å². The fraction of sp³-hybridized carbons (Fsp3) is 0.286. The maximum atomic E-state index is 11.9. The van der Waals surface area contributed by atoms with Crippen LogP contribution in [0.5, 0.6) is 0 Å². The van der Waals surface area contributed by atoms with Gasteiger partial charge in [-0.25, -0.2) is 4.68 Å². The molecule has 0 aliphatic carbocycles. The quantitative estimate of drug-likeness (QED) is 0.760. The van der Waals surface area contributed by atoms with Gasteiger partial charge in [0.05, 0.1) is 24.5 Å². The van der Waals surface area contributed by atoms with Gasteiger partial charge in [-0.1, -0.05) is 12.1 Å². The predicted octanol–water partition coefficient (Wildman–Crippen LogP) is 1.47. The first kappa shape index (κ1) is 17.2. The van der Waals surface area contributed by atoms with Crippen LogP contribution >= 0.6 is 12.4 Å². The lowest BCUT2D eigenvalue weighted by atomic mass is 10.2. The van der Waals surface area contributed by atoms with Crippen LogP contribution in [-0.2, 0) is 9.53 Å². The van der Waals surface area contributed by atoms with Crippen LogP contribution < -0.4 is 10.6 Å². The van der Waals surface area contributed by atoms with E-state index in [1.165, 1.54) is 0 Å². The van der Waals surface area contributed by atoms with Crippen LogP contribution in [0.2, 0.25) is 0 Å². The number of amides is 1. The molecule has 0 unspecified atom stereocenters. The van der Waals surface area contributed by atoms with Crippen LogP contribution in [0.1, 0.15) is 0 Å². The molecular formula is C14H19ClN4O2. The number of para-hydroxylation sites is 2. The lowest BCUT2D eigenvalue weighted by Crippen LogP contribution is -2.30. The molecule has 1 aromatic heterocycles. The summed E-state index contributed by atoms with van der Waals surface area (Å²) in [4.78, 5) is 11.9. The number of nitrogens with zero attached hydrogens (tertiary/aromatic N) is 2. The van der Waals surface area contributed by atoms with Crippen molar-refractivity contribution >= 4 is 24.0 Å². The number of benzene rings is 1. The standard InChI is InChI=1S/C14H18N4O2.ClH/c1-20-10-8-15-11-14(19)17-12-5-2-3-6-13(12)18-9-4-7-16-18;/h2-7,9,15H,8,10-11H2,1H3,(H,17,19);1H. The summed E-state index contributed by atoms with van der Waals surface area (Å²) in [7, 11) is 1.63. The first-order valence-corrected chi connectivity index (χ1v) is 6.40. The number of aromatic nitrogens is 2. The second kappa shape index (κ2) is 9.12. The lowest BCUT2D eigenvalue weighted by molar-refractivity contribution is -0.115. The van der Waals surface area contributed by atoms with E-state index in [-0.39, 0.29) is 24.9 Å². The molecule has 114 valence electrons. The summed E-state index contributed by atoms with van der Waals surface area (Å²) in [6, 6.07) is 9.38. The Hall–Kier alpha value is -1.89. The molecule has 0 fully saturated rings. The SMILES string of the molecule is COCCNCC(=O)Nc1ccccc1-n1cccn1.Cl. The number of carbonyl (C=O) groups excluding carboxylic acids is 1. The Balaban J connectivity index is 0.00000220. The lowest BCUT2D eigenvalue weighted by Gasteiger charge is -2.11. The molecule has 0 saturated heterocycles. The van der Waals surface area contributed by atoms with Gasteiger partial charge in [0.25, 0.3) is 0 Å². The summed E-state index contributed by atoms with van der Waals surface area (Å²) in [6.07, 6.45) is 3.53. The van der Waals surface area contributed by atoms with Crippen LogP contribution in [0.15, 0.2) is 42.7 Å². The zero-order chi connectivity index (χ0) is 14.2. The van der Waals surface area contributed by atoms with E-state index in [1.54, 1.807) is 18.0 Å². The number of hydrogen-bond donors (Lipinski definition) is 2. The van der Waals surface area contributed by atoms with Gasteiger partial charge in [-0.3, -0.25) is 4.79 Å². The molecule has 0 aliphatic heterocycles. The van der Waals surface area contributed by atoms with Crippen molar-refractivity contribution in [3.63, 3.8) is 0 Å². The highest BCUT2D eigenvalue weighted by molar-refractivity contribution is 5.94.